The zero-order valence-corrected chi connectivity index (χ0v) is 23.6. The SMILES string of the molecule is Cc1ccc(-c2c(C(=O)[O-])ccc(C(=O)[O-])c2-c2ccc(C)cc2-n2nc3ccccc3n2)c(-n2nc3ccccc3n2)c1. The van der Waals surface area contributed by atoms with E-state index in [1.54, 1.807) is 12.1 Å². The van der Waals surface area contributed by atoms with E-state index in [1.807, 2.05) is 86.6 Å². The standard InChI is InChI=1S/C34H24N6O4/c1-19-11-13-21(29(17-19)39-35-25-7-3-4-8-26(25)36-39)31-23(33(41)42)15-16-24(34(43)44)32(31)22-14-12-20(2)18-30(22)40-37-27-9-5-6-10-28(27)38-40/h3-18H,1-2H3,(H,41,42)(H,43,44)/p-2. The van der Waals surface area contributed by atoms with E-state index in [4.69, 9.17) is 0 Å². The van der Waals surface area contributed by atoms with E-state index in [9.17, 15) is 19.8 Å². The maximum Gasteiger partial charge on any atom is 0.113 e. The van der Waals surface area contributed by atoms with E-state index < -0.39 is 11.9 Å². The number of carbonyl (C=O) groups is 2. The number of hydrogen-bond donors (Lipinski definition) is 0. The van der Waals surface area contributed by atoms with Gasteiger partial charge in [-0.25, -0.2) is 0 Å². The van der Waals surface area contributed by atoms with Gasteiger partial charge in [0.2, 0.25) is 0 Å². The fraction of sp³-hybridized carbons (Fsp3) is 0.0588. The Labute approximate surface area is 250 Å². The van der Waals surface area contributed by atoms with Crippen molar-refractivity contribution in [2.24, 2.45) is 0 Å². The quantitative estimate of drug-likeness (QED) is 0.290. The third kappa shape index (κ3) is 4.45. The molecule has 2 heterocycles. The molecular weight excluding hydrogens is 556 g/mol. The highest BCUT2D eigenvalue weighted by molar-refractivity contribution is 6.09. The predicted octanol–water partition coefficient (Wildman–Crippen LogP) is 3.83. The largest absolute Gasteiger partial charge is 0.545 e. The third-order valence-electron chi connectivity index (χ3n) is 7.49. The molecule has 0 saturated carbocycles. The van der Waals surface area contributed by atoms with Crippen LogP contribution in [0, 0.1) is 13.8 Å². The van der Waals surface area contributed by atoms with Crippen molar-refractivity contribution in [1.82, 2.24) is 30.0 Å². The summed E-state index contributed by atoms with van der Waals surface area (Å²) < 4.78 is 0. The Kier molecular flexibility index (Phi) is 6.24. The first-order valence-corrected chi connectivity index (χ1v) is 13.7. The van der Waals surface area contributed by atoms with E-state index in [-0.39, 0.29) is 22.3 Å². The molecule has 0 spiro atoms. The molecule has 7 aromatic rings. The zero-order valence-electron chi connectivity index (χ0n) is 23.6. The molecule has 0 radical (unpaired) electrons. The highest BCUT2D eigenvalue weighted by atomic mass is 16.4. The number of aromatic nitrogens is 6. The van der Waals surface area contributed by atoms with Gasteiger partial charge < -0.3 is 19.8 Å². The smallest absolute Gasteiger partial charge is 0.113 e. The van der Waals surface area contributed by atoms with Gasteiger partial charge in [0.15, 0.2) is 0 Å². The van der Waals surface area contributed by atoms with Crippen LogP contribution in [0.25, 0.3) is 55.7 Å². The van der Waals surface area contributed by atoms with E-state index in [0.717, 1.165) is 11.1 Å². The Morgan fingerprint density at radius 2 is 0.864 bits per heavy atom. The number of carboxylic acid groups (broad SMARTS) is 2. The number of rotatable bonds is 6. The normalized spacial score (nSPS) is 11.3. The summed E-state index contributed by atoms with van der Waals surface area (Å²) in [5.74, 6) is -2.96. The molecule has 0 aliphatic heterocycles. The molecule has 0 fully saturated rings. The summed E-state index contributed by atoms with van der Waals surface area (Å²) in [5, 5.41) is 43.9. The van der Waals surface area contributed by atoms with E-state index >= 15 is 0 Å². The summed E-state index contributed by atoms with van der Waals surface area (Å²) in [5.41, 5.74) is 5.78. The van der Waals surface area contributed by atoms with Gasteiger partial charge in [-0.2, -0.15) is 0 Å². The second-order valence-corrected chi connectivity index (χ2v) is 10.5. The highest BCUT2D eigenvalue weighted by Gasteiger charge is 2.25. The van der Waals surface area contributed by atoms with Gasteiger partial charge >= 0.3 is 0 Å². The van der Waals surface area contributed by atoms with Crippen molar-refractivity contribution in [2.45, 2.75) is 13.8 Å². The van der Waals surface area contributed by atoms with E-state index in [1.165, 1.54) is 21.7 Å². The molecule has 7 rings (SSSR count). The molecule has 0 N–H and O–H groups in total. The van der Waals surface area contributed by atoms with Gasteiger partial charge in [-0.05, 0) is 61.4 Å². The predicted molar refractivity (Wildman–Crippen MR) is 160 cm³/mol. The fourth-order valence-corrected chi connectivity index (χ4v) is 5.47. The lowest BCUT2D eigenvalue weighted by atomic mass is 9.85. The van der Waals surface area contributed by atoms with Gasteiger partial charge in [0.25, 0.3) is 0 Å². The first-order chi connectivity index (χ1) is 21.3. The molecule has 0 aliphatic rings. The minimum absolute atomic E-state index is 0.116. The van der Waals surface area contributed by atoms with Gasteiger partial charge in [0.05, 0.1) is 23.3 Å². The van der Waals surface area contributed by atoms with Crippen LogP contribution in [0.2, 0.25) is 0 Å². The molecule has 44 heavy (non-hydrogen) atoms. The number of carbonyl (C=O) groups excluding carboxylic acids is 2. The molecule has 214 valence electrons. The number of benzene rings is 5. The van der Waals surface area contributed by atoms with Crippen molar-refractivity contribution in [3.05, 3.63) is 119 Å². The molecule has 10 nitrogen and oxygen atoms in total. The van der Waals surface area contributed by atoms with Crippen LogP contribution in [0.3, 0.4) is 0 Å². The summed E-state index contributed by atoms with van der Waals surface area (Å²) >= 11 is 0. The minimum Gasteiger partial charge on any atom is -0.545 e. The fourth-order valence-electron chi connectivity index (χ4n) is 5.47. The number of nitrogens with zero attached hydrogens (tertiary/aromatic N) is 6. The van der Waals surface area contributed by atoms with Gasteiger partial charge in [0.1, 0.15) is 22.1 Å². The zero-order chi connectivity index (χ0) is 30.5. The molecular formula is C34H22N6O4-2. The summed E-state index contributed by atoms with van der Waals surface area (Å²) in [4.78, 5) is 28.3. The van der Waals surface area contributed by atoms with Crippen molar-refractivity contribution >= 4 is 34.0 Å². The van der Waals surface area contributed by atoms with E-state index in [0.29, 0.717) is 44.6 Å². The Morgan fingerprint density at radius 3 is 1.18 bits per heavy atom. The molecule has 10 heteroatoms. The number of aryl methyl sites for hydroxylation is 2. The summed E-state index contributed by atoms with van der Waals surface area (Å²) in [6.07, 6.45) is 0. The maximum absolute atomic E-state index is 12.7. The average Bonchev–Trinajstić information content (AvgIpc) is 3.65. The van der Waals surface area contributed by atoms with Crippen LogP contribution in [-0.4, -0.2) is 41.9 Å². The lowest BCUT2D eigenvalue weighted by Crippen LogP contribution is -2.27. The van der Waals surface area contributed by atoms with Crippen LogP contribution in [0.5, 0.6) is 0 Å². The lowest BCUT2D eigenvalue weighted by Gasteiger charge is -2.23. The molecule has 2 aromatic heterocycles. The molecule has 0 unspecified atom stereocenters. The van der Waals surface area contributed by atoms with Gasteiger partial charge in [-0.1, -0.05) is 60.7 Å². The highest BCUT2D eigenvalue weighted by Crippen LogP contribution is 2.42. The molecule has 0 saturated heterocycles. The number of aromatic carboxylic acids is 2. The topological polar surface area (TPSA) is 142 Å². The minimum atomic E-state index is -1.48. The molecule has 0 amide bonds. The van der Waals surface area contributed by atoms with Crippen LogP contribution in [0.4, 0.5) is 0 Å². The Morgan fingerprint density at radius 1 is 0.523 bits per heavy atom. The van der Waals surface area contributed by atoms with Crippen molar-refractivity contribution < 1.29 is 19.8 Å². The van der Waals surface area contributed by atoms with Crippen LogP contribution in [0.1, 0.15) is 31.8 Å². The van der Waals surface area contributed by atoms with Crippen LogP contribution >= 0.6 is 0 Å². The van der Waals surface area contributed by atoms with Gasteiger partial charge in [-0.15, -0.1) is 30.0 Å². The maximum atomic E-state index is 12.7. The molecule has 0 bridgehead atoms. The van der Waals surface area contributed by atoms with Crippen LogP contribution < -0.4 is 10.2 Å². The Balaban J connectivity index is 1.59. The monoisotopic (exact) mass is 578 g/mol. The molecule has 0 aliphatic carbocycles. The van der Waals surface area contributed by atoms with Gasteiger partial charge in [0, 0.05) is 33.4 Å². The van der Waals surface area contributed by atoms with Crippen molar-refractivity contribution in [1.29, 1.82) is 0 Å². The number of hydrogen-bond acceptors (Lipinski definition) is 8. The third-order valence-corrected chi connectivity index (χ3v) is 7.49. The first-order valence-electron chi connectivity index (χ1n) is 13.7. The number of carboxylic acids is 2. The van der Waals surface area contributed by atoms with Gasteiger partial charge in [-0.3, -0.25) is 0 Å². The van der Waals surface area contributed by atoms with E-state index in [2.05, 4.69) is 20.4 Å². The second kappa shape index (κ2) is 10.3. The average molecular weight is 579 g/mol. The van der Waals surface area contributed by atoms with Crippen molar-refractivity contribution in [3.8, 4) is 33.6 Å². The van der Waals surface area contributed by atoms with Crippen molar-refractivity contribution in [3.63, 3.8) is 0 Å². The second-order valence-electron chi connectivity index (χ2n) is 10.5. The number of fused-ring (bicyclic) bond motifs is 2. The summed E-state index contributed by atoms with van der Waals surface area (Å²) in [6, 6.07) is 27.9. The molecule has 5 aromatic carbocycles. The first kappa shape index (κ1) is 26.7. The Hall–Kier alpha value is -6.16. The van der Waals surface area contributed by atoms with Crippen LogP contribution in [-0.2, 0) is 0 Å². The van der Waals surface area contributed by atoms with Crippen molar-refractivity contribution in [2.75, 3.05) is 0 Å². The summed E-state index contributed by atoms with van der Waals surface area (Å²) in [7, 11) is 0. The Bertz CT molecular complexity index is 2060. The lowest BCUT2D eigenvalue weighted by molar-refractivity contribution is -0.256. The summed E-state index contributed by atoms with van der Waals surface area (Å²) in [6.45, 7) is 3.78. The van der Waals surface area contributed by atoms with Crippen LogP contribution in [0.15, 0.2) is 97.1 Å². The molecule has 0 atom stereocenters.